The van der Waals surface area contributed by atoms with Gasteiger partial charge in [0, 0.05) is 32.4 Å². The van der Waals surface area contributed by atoms with Crippen LogP contribution in [0.25, 0.3) is 0 Å². The van der Waals surface area contributed by atoms with E-state index < -0.39 is 0 Å². The molecule has 0 amide bonds. The molecule has 0 spiro atoms. The number of nitrogens with one attached hydrogen (secondary N) is 1. The van der Waals surface area contributed by atoms with Crippen LogP contribution in [0.2, 0.25) is 0 Å². The number of hydrogen-bond donors (Lipinski definition) is 1. The molecular formula is C17H28N2. The zero-order valence-electron chi connectivity index (χ0n) is 12.8. The molecule has 2 rings (SSSR count). The third-order valence-corrected chi connectivity index (χ3v) is 4.45. The molecule has 0 radical (unpaired) electrons. The first-order chi connectivity index (χ1) is 9.06. The molecule has 3 unspecified atom stereocenters. The van der Waals surface area contributed by atoms with Crippen LogP contribution in [0.5, 0.6) is 0 Å². The van der Waals surface area contributed by atoms with Gasteiger partial charge in [0.15, 0.2) is 0 Å². The van der Waals surface area contributed by atoms with E-state index >= 15 is 0 Å². The summed E-state index contributed by atoms with van der Waals surface area (Å²) < 4.78 is 0. The van der Waals surface area contributed by atoms with E-state index in [1.54, 1.807) is 0 Å². The van der Waals surface area contributed by atoms with E-state index in [0.717, 1.165) is 18.4 Å². The topological polar surface area (TPSA) is 15.3 Å². The van der Waals surface area contributed by atoms with Crippen LogP contribution in [0.4, 0.5) is 5.69 Å². The van der Waals surface area contributed by atoms with Crippen LogP contribution < -0.4 is 10.2 Å². The fourth-order valence-electron chi connectivity index (χ4n) is 3.13. The molecule has 19 heavy (non-hydrogen) atoms. The normalized spacial score (nSPS) is 27.3. The lowest BCUT2D eigenvalue weighted by Gasteiger charge is -2.33. The first-order valence-electron chi connectivity index (χ1n) is 7.56. The minimum atomic E-state index is 0.699. The van der Waals surface area contributed by atoms with Crippen LogP contribution in [0.1, 0.15) is 38.7 Å². The third kappa shape index (κ3) is 3.97. The van der Waals surface area contributed by atoms with Gasteiger partial charge < -0.3 is 10.2 Å². The first-order valence-corrected chi connectivity index (χ1v) is 7.56. The summed E-state index contributed by atoms with van der Waals surface area (Å²) in [4.78, 5) is 2.14. The van der Waals surface area contributed by atoms with Crippen LogP contribution >= 0.6 is 0 Å². The van der Waals surface area contributed by atoms with Crippen molar-refractivity contribution in [2.75, 3.05) is 19.0 Å². The minimum absolute atomic E-state index is 0.699. The van der Waals surface area contributed by atoms with Crippen LogP contribution in [-0.2, 0) is 6.54 Å². The summed E-state index contributed by atoms with van der Waals surface area (Å²) in [5.74, 6) is 1.72. The number of anilines is 1. The van der Waals surface area contributed by atoms with Crippen molar-refractivity contribution >= 4 is 5.69 Å². The van der Waals surface area contributed by atoms with Gasteiger partial charge in [0.05, 0.1) is 0 Å². The average Bonchev–Trinajstić information content (AvgIpc) is 2.38. The Balaban J connectivity index is 1.85. The summed E-state index contributed by atoms with van der Waals surface area (Å²) in [6.45, 7) is 5.77. The van der Waals surface area contributed by atoms with Crippen molar-refractivity contribution in [1.82, 2.24) is 5.32 Å². The van der Waals surface area contributed by atoms with Crippen molar-refractivity contribution in [2.24, 2.45) is 11.8 Å². The van der Waals surface area contributed by atoms with Gasteiger partial charge in [0.1, 0.15) is 0 Å². The predicted octanol–water partition coefficient (Wildman–Crippen LogP) is 3.67. The van der Waals surface area contributed by atoms with E-state index in [-0.39, 0.29) is 0 Å². The van der Waals surface area contributed by atoms with Gasteiger partial charge in [-0.05, 0) is 48.8 Å². The van der Waals surface area contributed by atoms with E-state index in [1.165, 1.54) is 30.5 Å². The monoisotopic (exact) mass is 260 g/mol. The lowest BCUT2D eigenvalue weighted by atomic mass is 9.80. The van der Waals surface area contributed by atoms with E-state index in [1.807, 2.05) is 0 Å². The molecule has 0 aromatic heterocycles. The molecule has 1 aliphatic carbocycles. The molecule has 0 heterocycles. The van der Waals surface area contributed by atoms with Crippen molar-refractivity contribution in [3.63, 3.8) is 0 Å². The fraction of sp³-hybridized carbons (Fsp3) is 0.647. The second-order valence-electron chi connectivity index (χ2n) is 6.44. The summed E-state index contributed by atoms with van der Waals surface area (Å²) in [5, 5.41) is 3.74. The van der Waals surface area contributed by atoms with E-state index in [4.69, 9.17) is 0 Å². The fourth-order valence-corrected chi connectivity index (χ4v) is 3.13. The highest BCUT2D eigenvalue weighted by molar-refractivity contribution is 5.45. The van der Waals surface area contributed by atoms with Gasteiger partial charge in [-0.1, -0.05) is 26.0 Å². The molecule has 1 aliphatic rings. The lowest BCUT2D eigenvalue weighted by Crippen LogP contribution is -2.38. The van der Waals surface area contributed by atoms with Crippen molar-refractivity contribution < 1.29 is 0 Å². The van der Waals surface area contributed by atoms with Crippen molar-refractivity contribution in [3.05, 3.63) is 29.8 Å². The molecule has 106 valence electrons. The molecule has 1 aromatic carbocycles. The Morgan fingerprint density at radius 1 is 1.11 bits per heavy atom. The van der Waals surface area contributed by atoms with Crippen LogP contribution in [-0.4, -0.2) is 20.1 Å². The van der Waals surface area contributed by atoms with Gasteiger partial charge >= 0.3 is 0 Å². The first kappa shape index (κ1) is 14.4. The number of benzene rings is 1. The molecule has 2 nitrogen and oxygen atoms in total. The van der Waals surface area contributed by atoms with Gasteiger partial charge in [-0.3, -0.25) is 0 Å². The molecule has 3 atom stereocenters. The average molecular weight is 260 g/mol. The molecule has 2 heteroatoms. The van der Waals surface area contributed by atoms with Gasteiger partial charge in [-0.15, -0.1) is 0 Å². The van der Waals surface area contributed by atoms with Gasteiger partial charge in [-0.25, -0.2) is 0 Å². The summed E-state index contributed by atoms with van der Waals surface area (Å²) in [6, 6.07) is 9.56. The minimum Gasteiger partial charge on any atom is -0.378 e. The summed E-state index contributed by atoms with van der Waals surface area (Å²) in [6.07, 6.45) is 4.08. The zero-order chi connectivity index (χ0) is 13.8. The maximum absolute atomic E-state index is 3.74. The van der Waals surface area contributed by atoms with Crippen molar-refractivity contribution in [3.8, 4) is 0 Å². The van der Waals surface area contributed by atoms with Crippen molar-refractivity contribution in [1.29, 1.82) is 0 Å². The van der Waals surface area contributed by atoms with E-state index in [9.17, 15) is 0 Å². The Kier molecular flexibility index (Phi) is 4.87. The number of hydrogen-bond acceptors (Lipinski definition) is 2. The highest BCUT2D eigenvalue weighted by Crippen LogP contribution is 2.28. The summed E-state index contributed by atoms with van der Waals surface area (Å²) in [7, 11) is 4.16. The molecule has 0 aliphatic heterocycles. The molecule has 1 N–H and O–H groups in total. The molecule has 0 saturated heterocycles. The largest absolute Gasteiger partial charge is 0.378 e. The Bertz CT molecular complexity index is 383. The Morgan fingerprint density at radius 3 is 2.37 bits per heavy atom. The van der Waals surface area contributed by atoms with Crippen LogP contribution in [0, 0.1) is 11.8 Å². The Morgan fingerprint density at radius 2 is 1.79 bits per heavy atom. The number of rotatable bonds is 4. The van der Waals surface area contributed by atoms with Gasteiger partial charge in [-0.2, -0.15) is 0 Å². The summed E-state index contributed by atoms with van der Waals surface area (Å²) in [5.41, 5.74) is 2.65. The van der Waals surface area contributed by atoms with Crippen molar-refractivity contribution in [2.45, 2.75) is 45.7 Å². The van der Waals surface area contributed by atoms with Crippen LogP contribution in [0.15, 0.2) is 24.3 Å². The Hall–Kier alpha value is -1.02. The summed E-state index contributed by atoms with van der Waals surface area (Å²) >= 11 is 0. The second kappa shape index (κ2) is 6.42. The standard InChI is InChI=1S/C17H28N2/c1-13-5-10-17(14(2)11-13)18-12-15-6-8-16(9-7-15)19(3)4/h6-9,13-14,17-18H,5,10-12H2,1-4H3. The SMILES string of the molecule is CC1CCC(NCc2ccc(N(C)C)cc2)C(C)C1. The van der Waals surface area contributed by atoms with Gasteiger partial charge in [0.25, 0.3) is 0 Å². The zero-order valence-corrected chi connectivity index (χ0v) is 12.8. The molecule has 1 saturated carbocycles. The third-order valence-electron chi connectivity index (χ3n) is 4.45. The highest BCUT2D eigenvalue weighted by atomic mass is 15.1. The Labute approximate surface area is 118 Å². The van der Waals surface area contributed by atoms with E-state index in [2.05, 4.69) is 62.4 Å². The maximum atomic E-state index is 3.74. The lowest BCUT2D eigenvalue weighted by molar-refractivity contribution is 0.227. The highest BCUT2D eigenvalue weighted by Gasteiger charge is 2.24. The molecular weight excluding hydrogens is 232 g/mol. The second-order valence-corrected chi connectivity index (χ2v) is 6.44. The smallest absolute Gasteiger partial charge is 0.0361 e. The quantitative estimate of drug-likeness (QED) is 0.888. The van der Waals surface area contributed by atoms with Gasteiger partial charge in [0.2, 0.25) is 0 Å². The molecule has 1 aromatic rings. The van der Waals surface area contributed by atoms with Crippen LogP contribution in [0.3, 0.4) is 0 Å². The maximum Gasteiger partial charge on any atom is 0.0361 e. The van der Waals surface area contributed by atoms with E-state index in [0.29, 0.717) is 6.04 Å². The molecule has 1 fully saturated rings. The molecule has 0 bridgehead atoms. The predicted molar refractivity (Wildman–Crippen MR) is 83.6 cm³/mol. The number of nitrogens with zero attached hydrogens (tertiary/aromatic N) is 1.